The number of anilines is 1. The number of benzene rings is 1. The second kappa shape index (κ2) is 7.82. The topological polar surface area (TPSA) is 138 Å². The number of carbonyl (C=O) groups excluding carboxylic acids is 3. The number of aromatic nitrogens is 3. The predicted octanol–water partition coefficient (Wildman–Crippen LogP) is 1.36. The third-order valence-corrected chi connectivity index (χ3v) is 4.47. The largest absolute Gasteiger partial charge is 0.482 e. The van der Waals surface area contributed by atoms with Gasteiger partial charge in [-0.3, -0.25) is 14.4 Å². The van der Waals surface area contributed by atoms with Crippen LogP contribution in [0.2, 0.25) is 0 Å². The Morgan fingerprint density at radius 1 is 1.23 bits per heavy atom. The van der Waals surface area contributed by atoms with Crippen molar-refractivity contribution in [1.82, 2.24) is 25.6 Å². The van der Waals surface area contributed by atoms with Crippen LogP contribution in [0.15, 0.2) is 30.7 Å². The third-order valence-electron chi connectivity index (χ3n) is 4.47. The Morgan fingerprint density at radius 3 is 2.87 bits per heavy atom. The Labute approximate surface area is 171 Å². The molecule has 4 N–H and O–H groups in total. The molecular weight excluding hydrogens is 388 g/mol. The van der Waals surface area contributed by atoms with E-state index in [2.05, 4.69) is 30.9 Å². The van der Waals surface area contributed by atoms with E-state index in [1.54, 1.807) is 18.2 Å². The molecule has 3 aromatic rings. The quantitative estimate of drug-likeness (QED) is 0.503. The zero-order valence-corrected chi connectivity index (χ0v) is 16.4. The summed E-state index contributed by atoms with van der Waals surface area (Å²) < 4.78 is 5.33. The van der Waals surface area contributed by atoms with Gasteiger partial charge in [-0.2, -0.15) is 0 Å². The number of rotatable bonds is 5. The first-order chi connectivity index (χ1) is 14.4. The van der Waals surface area contributed by atoms with Crippen molar-refractivity contribution in [3.05, 3.63) is 47.5 Å². The summed E-state index contributed by atoms with van der Waals surface area (Å²) in [5.74, 6) is -0.338. The smallest absolute Gasteiger partial charge is 0.272 e. The zero-order valence-electron chi connectivity index (χ0n) is 16.4. The summed E-state index contributed by atoms with van der Waals surface area (Å²) in [4.78, 5) is 47.7. The highest BCUT2D eigenvalue weighted by molar-refractivity contribution is 6.10. The standard InChI is InChI=1S/C20H20N6O4/c1-10(2)25-19(28)12-7-21-17-16(12)23-9-24-18(17)20(29)22-6-11-3-4-14-13(5-11)26-15(27)8-30-14/h3-5,7,9-10,21H,6,8H2,1-2H3,(H,22,29)(H,25,28)(H,26,27). The molecule has 10 nitrogen and oxygen atoms in total. The zero-order chi connectivity index (χ0) is 21.3. The third kappa shape index (κ3) is 3.79. The van der Waals surface area contributed by atoms with Gasteiger partial charge in [0, 0.05) is 18.8 Å². The van der Waals surface area contributed by atoms with Gasteiger partial charge in [0.05, 0.1) is 16.8 Å². The van der Waals surface area contributed by atoms with Gasteiger partial charge in [0.15, 0.2) is 12.3 Å². The molecule has 30 heavy (non-hydrogen) atoms. The molecule has 3 heterocycles. The number of nitrogens with one attached hydrogen (secondary N) is 4. The lowest BCUT2D eigenvalue weighted by Crippen LogP contribution is -2.30. The Balaban J connectivity index is 1.51. The Kier molecular flexibility index (Phi) is 5.05. The number of ether oxygens (including phenoxy) is 1. The first-order valence-corrected chi connectivity index (χ1v) is 9.39. The second-order valence-electron chi connectivity index (χ2n) is 7.13. The number of H-pyrrole nitrogens is 1. The fraction of sp³-hybridized carbons (Fsp3) is 0.250. The van der Waals surface area contributed by atoms with Crippen molar-refractivity contribution in [2.45, 2.75) is 26.4 Å². The van der Waals surface area contributed by atoms with E-state index in [1.807, 2.05) is 13.8 Å². The maximum atomic E-state index is 12.7. The molecule has 0 aliphatic carbocycles. The molecule has 1 aromatic carbocycles. The van der Waals surface area contributed by atoms with Gasteiger partial charge >= 0.3 is 0 Å². The molecule has 0 radical (unpaired) electrons. The Bertz CT molecular complexity index is 1150. The van der Waals surface area contributed by atoms with E-state index in [-0.39, 0.29) is 36.7 Å². The van der Waals surface area contributed by atoms with E-state index in [4.69, 9.17) is 4.74 Å². The van der Waals surface area contributed by atoms with Crippen LogP contribution in [0.4, 0.5) is 5.69 Å². The molecule has 0 fully saturated rings. The summed E-state index contributed by atoms with van der Waals surface area (Å²) in [5.41, 5.74) is 2.59. The van der Waals surface area contributed by atoms with Crippen molar-refractivity contribution in [2.75, 3.05) is 11.9 Å². The van der Waals surface area contributed by atoms with Gasteiger partial charge in [-0.05, 0) is 31.5 Å². The fourth-order valence-electron chi connectivity index (χ4n) is 3.13. The average Bonchev–Trinajstić information content (AvgIpc) is 3.15. The highest BCUT2D eigenvalue weighted by Gasteiger charge is 2.20. The van der Waals surface area contributed by atoms with Crippen molar-refractivity contribution < 1.29 is 19.1 Å². The van der Waals surface area contributed by atoms with Crippen LogP contribution >= 0.6 is 0 Å². The Hall–Kier alpha value is -3.95. The van der Waals surface area contributed by atoms with E-state index in [9.17, 15) is 14.4 Å². The molecule has 4 rings (SSSR count). The molecule has 1 aliphatic heterocycles. The number of hydrogen-bond acceptors (Lipinski definition) is 6. The van der Waals surface area contributed by atoms with Crippen LogP contribution in [0.1, 0.15) is 40.3 Å². The highest BCUT2D eigenvalue weighted by Crippen LogP contribution is 2.28. The van der Waals surface area contributed by atoms with Crippen LogP contribution in [0, 0.1) is 0 Å². The maximum Gasteiger partial charge on any atom is 0.272 e. The number of aromatic amines is 1. The molecule has 0 unspecified atom stereocenters. The van der Waals surface area contributed by atoms with Crippen molar-refractivity contribution in [1.29, 1.82) is 0 Å². The number of hydrogen-bond donors (Lipinski definition) is 4. The van der Waals surface area contributed by atoms with Crippen LogP contribution in [0.25, 0.3) is 11.0 Å². The van der Waals surface area contributed by atoms with Crippen molar-refractivity contribution in [2.24, 2.45) is 0 Å². The van der Waals surface area contributed by atoms with Gasteiger partial charge < -0.3 is 25.7 Å². The predicted molar refractivity (Wildman–Crippen MR) is 108 cm³/mol. The molecule has 0 saturated heterocycles. The van der Waals surface area contributed by atoms with E-state index >= 15 is 0 Å². The molecule has 0 saturated carbocycles. The number of nitrogens with zero attached hydrogens (tertiary/aromatic N) is 2. The van der Waals surface area contributed by atoms with Gasteiger partial charge in [-0.1, -0.05) is 6.07 Å². The first-order valence-electron chi connectivity index (χ1n) is 9.39. The number of amides is 3. The molecule has 2 aromatic heterocycles. The van der Waals surface area contributed by atoms with Gasteiger partial charge in [-0.15, -0.1) is 0 Å². The lowest BCUT2D eigenvalue weighted by atomic mass is 10.1. The normalized spacial score (nSPS) is 12.8. The van der Waals surface area contributed by atoms with E-state index in [0.29, 0.717) is 28.0 Å². The summed E-state index contributed by atoms with van der Waals surface area (Å²) in [5, 5.41) is 8.32. The molecule has 0 atom stereocenters. The van der Waals surface area contributed by atoms with Crippen LogP contribution < -0.4 is 20.7 Å². The van der Waals surface area contributed by atoms with Gasteiger partial charge in [0.1, 0.15) is 17.6 Å². The summed E-state index contributed by atoms with van der Waals surface area (Å²) >= 11 is 0. The lowest BCUT2D eigenvalue weighted by molar-refractivity contribution is -0.118. The minimum atomic E-state index is -0.418. The minimum Gasteiger partial charge on any atom is -0.482 e. The summed E-state index contributed by atoms with van der Waals surface area (Å²) in [7, 11) is 0. The Morgan fingerprint density at radius 2 is 2.07 bits per heavy atom. The van der Waals surface area contributed by atoms with Gasteiger partial charge in [-0.25, -0.2) is 9.97 Å². The van der Waals surface area contributed by atoms with Crippen LogP contribution in [-0.4, -0.2) is 45.3 Å². The SMILES string of the molecule is CC(C)NC(=O)c1c[nH]c2c(C(=O)NCc3ccc4c(c3)NC(=O)CO4)ncnc12. The van der Waals surface area contributed by atoms with E-state index in [1.165, 1.54) is 12.5 Å². The lowest BCUT2D eigenvalue weighted by Gasteiger charge is -2.18. The van der Waals surface area contributed by atoms with Gasteiger partial charge in [0.2, 0.25) is 0 Å². The summed E-state index contributed by atoms with van der Waals surface area (Å²) in [6, 6.07) is 5.25. The molecule has 10 heteroatoms. The van der Waals surface area contributed by atoms with Crippen LogP contribution in [0.3, 0.4) is 0 Å². The highest BCUT2D eigenvalue weighted by atomic mass is 16.5. The van der Waals surface area contributed by atoms with Gasteiger partial charge in [0.25, 0.3) is 17.7 Å². The average molecular weight is 408 g/mol. The molecule has 0 bridgehead atoms. The molecule has 3 amide bonds. The maximum absolute atomic E-state index is 12.7. The monoisotopic (exact) mass is 408 g/mol. The molecule has 154 valence electrons. The fourth-order valence-corrected chi connectivity index (χ4v) is 3.13. The van der Waals surface area contributed by atoms with Crippen molar-refractivity contribution in [3.8, 4) is 5.75 Å². The molecular formula is C20H20N6O4. The second-order valence-corrected chi connectivity index (χ2v) is 7.13. The first kappa shape index (κ1) is 19.4. The molecule has 0 spiro atoms. The minimum absolute atomic E-state index is 0.0138. The van der Waals surface area contributed by atoms with E-state index in [0.717, 1.165) is 5.56 Å². The van der Waals surface area contributed by atoms with Crippen molar-refractivity contribution >= 4 is 34.4 Å². The number of carbonyl (C=O) groups is 3. The summed E-state index contributed by atoms with van der Waals surface area (Å²) in [6.07, 6.45) is 2.77. The summed E-state index contributed by atoms with van der Waals surface area (Å²) in [6.45, 7) is 3.92. The van der Waals surface area contributed by atoms with Crippen LogP contribution in [-0.2, 0) is 11.3 Å². The van der Waals surface area contributed by atoms with Crippen molar-refractivity contribution in [3.63, 3.8) is 0 Å². The number of fused-ring (bicyclic) bond motifs is 2. The van der Waals surface area contributed by atoms with Crippen LogP contribution in [0.5, 0.6) is 5.75 Å². The van der Waals surface area contributed by atoms with E-state index < -0.39 is 5.91 Å². The molecule has 1 aliphatic rings.